The third-order valence-electron chi connectivity index (χ3n) is 4.21. The molecule has 1 aromatic rings. The monoisotopic (exact) mass is 292 g/mol. The highest BCUT2D eigenvalue weighted by atomic mass is 16.5. The summed E-state index contributed by atoms with van der Waals surface area (Å²) in [6.45, 7) is 8.81. The minimum absolute atomic E-state index is 0.269. The predicted octanol–water partition coefficient (Wildman–Crippen LogP) is 2.70. The van der Waals surface area contributed by atoms with Crippen molar-refractivity contribution >= 4 is 0 Å². The number of nitrogens with one attached hydrogen (secondary N) is 1. The number of rotatable bonds is 7. The fourth-order valence-corrected chi connectivity index (χ4v) is 3.08. The van der Waals surface area contributed by atoms with Gasteiger partial charge in [0.1, 0.15) is 11.5 Å². The molecule has 0 aromatic heterocycles. The first-order chi connectivity index (χ1) is 10.2. The van der Waals surface area contributed by atoms with E-state index in [0.717, 1.165) is 30.5 Å². The van der Waals surface area contributed by atoms with Crippen molar-refractivity contribution in [1.82, 2.24) is 10.2 Å². The summed E-state index contributed by atoms with van der Waals surface area (Å²) in [7, 11) is 3.43. The van der Waals surface area contributed by atoms with Crippen LogP contribution in [0.2, 0.25) is 0 Å². The van der Waals surface area contributed by atoms with Crippen LogP contribution in [0.5, 0.6) is 11.5 Å². The van der Waals surface area contributed by atoms with Crippen molar-refractivity contribution in [2.75, 3.05) is 40.4 Å². The van der Waals surface area contributed by atoms with Crippen LogP contribution in [0.15, 0.2) is 18.2 Å². The number of hydrogen-bond donors (Lipinski definition) is 1. The predicted molar refractivity (Wildman–Crippen MR) is 86.2 cm³/mol. The first kappa shape index (κ1) is 16.1. The summed E-state index contributed by atoms with van der Waals surface area (Å²) in [6, 6.07) is 6.30. The number of ether oxygens (including phenoxy) is 2. The number of hydrogen-bond acceptors (Lipinski definition) is 4. The van der Waals surface area contributed by atoms with E-state index >= 15 is 0 Å². The molecule has 118 valence electrons. The van der Waals surface area contributed by atoms with Gasteiger partial charge in [-0.05, 0) is 43.6 Å². The molecule has 2 atom stereocenters. The zero-order valence-electron chi connectivity index (χ0n) is 13.7. The smallest absolute Gasteiger partial charge is 0.123 e. The van der Waals surface area contributed by atoms with E-state index in [9.17, 15) is 0 Å². The van der Waals surface area contributed by atoms with E-state index < -0.39 is 0 Å². The van der Waals surface area contributed by atoms with Crippen LogP contribution in [0.3, 0.4) is 0 Å². The van der Waals surface area contributed by atoms with E-state index in [2.05, 4.69) is 30.1 Å². The van der Waals surface area contributed by atoms with Gasteiger partial charge < -0.3 is 19.7 Å². The molecule has 21 heavy (non-hydrogen) atoms. The first-order valence-electron chi connectivity index (χ1n) is 7.85. The lowest BCUT2D eigenvalue weighted by Gasteiger charge is -2.26. The van der Waals surface area contributed by atoms with Gasteiger partial charge in [0.15, 0.2) is 0 Å². The lowest BCUT2D eigenvalue weighted by molar-refractivity contribution is 0.281. The van der Waals surface area contributed by atoms with E-state index in [1.54, 1.807) is 14.2 Å². The van der Waals surface area contributed by atoms with Crippen LogP contribution in [-0.4, -0.2) is 45.3 Å². The van der Waals surface area contributed by atoms with E-state index in [1.165, 1.54) is 25.1 Å². The van der Waals surface area contributed by atoms with Gasteiger partial charge in [-0.25, -0.2) is 0 Å². The molecule has 0 amide bonds. The summed E-state index contributed by atoms with van der Waals surface area (Å²) in [5.41, 5.74) is 1.18. The maximum atomic E-state index is 5.54. The van der Waals surface area contributed by atoms with E-state index in [4.69, 9.17) is 9.47 Å². The number of methoxy groups -OCH3 is 2. The van der Waals surface area contributed by atoms with Crippen LogP contribution >= 0.6 is 0 Å². The molecule has 0 spiro atoms. The number of likely N-dealkylation sites (tertiary alicyclic amines) is 1. The standard InChI is InChI=1S/C17H28N2O2/c1-5-18-16(12-19-9-8-13(2)11-19)15-10-14(20-3)6-7-17(15)21-4/h6-7,10,13,16,18H,5,8-9,11-12H2,1-4H3. The molecule has 1 saturated heterocycles. The van der Waals surface area contributed by atoms with Crippen molar-refractivity contribution in [1.29, 1.82) is 0 Å². The molecule has 1 N–H and O–H groups in total. The van der Waals surface area contributed by atoms with Gasteiger partial charge in [0.2, 0.25) is 0 Å². The summed E-state index contributed by atoms with van der Waals surface area (Å²) >= 11 is 0. The molecule has 0 bridgehead atoms. The molecule has 0 radical (unpaired) electrons. The molecule has 1 heterocycles. The average molecular weight is 292 g/mol. The molecular weight excluding hydrogens is 264 g/mol. The van der Waals surface area contributed by atoms with Gasteiger partial charge in [0.05, 0.1) is 14.2 Å². The minimum Gasteiger partial charge on any atom is -0.497 e. The maximum Gasteiger partial charge on any atom is 0.123 e. The Labute approximate surface area is 128 Å². The van der Waals surface area contributed by atoms with Crippen LogP contribution in [0.1, 0.15) is 31.9 Å². The SMILES string of the molecule is CCNC(CN1CCC(C)C1)c1cc(OC)ccc1OC. The highest BCUT2D eigenvalue weighted by Gasteiger charge is 2.24. The van der Waals surface area contributed by atoms with E-state index in [0.29, 0.717) is 0 Å². The highest BCUT2D eigenvalue weighted by molar-refractivity contribution is 5.42. The van der Waals surface area contributed by atoms with Gasteiger partial charge in [-0.1, -0.05) is 13.8 Å². The van der Waals surface area contributed by atoms with Crippen molar-refractivity contribution in [3.8, 4) is 11.5 Å². The molecule has 0 aliphatic carbocycles. The van der Waals surface area contributed by atoms with Gasteiger partial charge in [-0.2, -0.15) is 0 Å². The fraction of sp³-hybridized carbons (Fsp3) is 0.647. The van der Waals surface area contributed by atoms with Gasteiger partial charge in [-0.3, -0.25) is 0 Å². The van der Waals surface area contributed by atoms with Crippen LogP contribution in [0, 0.1) is 5.92 Å². The zero-order chi connectivity index (χ0) is 15.2. The third-order valence-corrected chi connectivity index (χ3v) is 4.21. The molecule has 4 nitrogen and oxygen atoms in total. The second-order valence-corrected chi connectivity index (χ2v) is 5.87. The van der Waals surface area contributed by atoms with Crippen LogP contribution in [0.4, 0.5) is 0 Å². The average Bonchev–Trinajstić information content (AvgIpc) is 2.91. The molecule has 2 rings (SSSR count). The third kappa shape index (κ3) is 4.11. The number of nitrogens with zero attached hydrogens (tertiary/aromatic N) is 1. The Bertz CT molecular complexity index is 450. The molecule has 1 aliphatic heterocycles. The van der Waals surface area contributed by atoms with Gasteiger partial charge in [0.25, 0.3) is 0 Å². The Hall–Kier alpha value is -1.26. The Morgan fingerprint density at radius 1 is 1.33 bits per heavy atom. The topological polar surface area (TPSA) is 33.7 Å². The summed E-state index contributed by atoms with van der Waals surface area (Å²) < 4.78 is 10.9. The Morgan fingerprint density at radius 3 is 2.71 bits per heavy atom. The van der Waals surface area contributed by atoms with Crippen molar-refractivity contribution in [3.05, 3.63) is 23.8 Å². The molecule has 1 aliphatic rings. The van der Waals surface area contributed by atoms with Crippen molar-refractivity contribution in [2.45, 2.75) is 26.3 Å². The molecular formula is C17H28N2O2. The maximum absolute atomic E-state index is 5.54. The van der Waals surface area contributed by atoms with Crippen LogP contribution < -0.4 is 14.8 Å². The Morgan fingerprint density at radius 2 is 2.14 bits per heavy atom. The molecule has 1 aromatic carbocycles. The van der Waals surface area contributed by atoms with Crippen molar-refractivity contribution in [2.24, 2.45) is 5.92 Å². The number of likely N-dealkylation sites (N-methyl/N-ethyl adjacent to an activating group) is 1. The zero-order valence-corrected chi connectivity index (χ0v) is 13.7. The summed E-state index contributed by atoms with van der Waals surface area (Å²) in [4.78, 5) is 2.54. The summed E-state index contributed by atoms with van der Waals surface area (Å²) in [6.07, 6.45) is 1.30. The molecule has 2 unspecified atom stereocenters. The van der Waals surface area contributed by atoms with Crippen LogP contribution in [-0.2, 0) is 0 Å². The quantitative estimate of drug-likeness (QED) is 0.838. The summed E-state index contributed by atoms with van der Waals surface area (Å²) in [5, 5.41) is 3.59. The fourth-order valence-electron chi connectivity index (χ4n) is 3.08. The number of benzene rings is 1. The molecule has 1 fully saturated rings. The highest BCUT2D eigenvalue weighted by Crippen LogP contribution is 2.31. The van der Waals surface area contributed by atoms with Gasteiger partial charge in [0, 0.05) is 24.7 Å². The Kier molecular flexibility index (Phi) is 5.88. The largest absolute Gasteiger partial charge is 0.497 e. The van der Waals surface area contributed by atoms with Crippen LogP contribution in [0.25, 0.3) is 0 Å². The second kappa shape index (κ2) is 7.66. The molecule has 4 heteroatoms. The summed E-state index contributed by atoms with van der Waals surface area (Å²) in [5.74, 6) is 2.61. The second-order valence-electron chi connectivity index (χ2n) is 5.87. The van der Waals surface area contributed by atoms with Crippen molar-refractivity contribution in [3.63, 3.8) is 0 Å². The normalized spacial score (nSPS) is 20.5. The lowest BCUT2D eigenvalue weighted by Crippen LogP contribution is -2.34. The van der Waals surface area contributed by atoms with Crippen molar-refractivity contribution < 1.29 is 9.47 Å². The van der Waals surface area contributed by atoms with Gasteiger partial charge in [-0.15, -0.1) is 0 Å². The van der Waals surface area contributed by atoms with E-state index in [-0.39, 0.29) is 6.04 Å². The minimum atomic E-state index is 0.269. The Balaban J connectivity index is 2.19. The first-order valence-corrected chi connectivity index (χ1v) is 7.85. The van der Waals surface area contributed by atoms with E-state index in [1.807, 2.05) is 12.1 Å². The molecule has 0 saturated carbocycles. The lowest BCUT2D eigenvalue weighted by atomic mass is 10.0. The van der Waals surface area contributed by atoms with Gasteiger partial charge >= 0.3 is 0 Å².